The van der Waals surface area contributed by atoms with Crippen LogP contribution in [0.4, 0.5) is 11.4 Å². The molecule has 1 aromatic heterocycles. The fraction of sp³-hybridized carbons (Fsp3) is 0.0909. The third-order valence-electron chi connectivity index (χ3n) is 2.39. The highest BCUT2D eigenvalue weighted by Crippen LogP contribution is 2.22. The van der Waals surface area contributed by atoms with Gasteiger partial charge in [-0.25, -0.2) is 4.98 Å². The Balaban J connectivity index is 2.34. The van der Waals surface area contributed by atoms with Crippen LogP contribution in [0.25, 0.3) is 0 Å². The molecule has 0 saturated heterocycles. The predicted molar refractivity (Wildman–Crippen MR) is 69.7 cm³/mol. The van der Waals surface area contributed by atoms with Crippen molar-refractivity contribution in [3.63, 3.8) is 0 Å². The number of rotatable bonds is 3. The van der Waals surface area contributed by atoms with Crippen molar-refractivity contribution in [2.24, 2.45) is 0 Å². The molecular formula is C11H11N5O2S. The van der Waals surface area contributed by atoms with Crippen LogP contribution in [0.1, 0.15) is 11.4 Å². The normalized spacial score (nSPS) is 10.9. The number of hydrogen-bond donors (Lipinski definition) is 3. The van der Waals surface area contributed by atoms with Crippen LogP contribution >= 0.6 is 0 Å². The number of imidazole rings is 1. The molecule has 1 heterocycles. The molecule has 7 nitrogen and oxygen atoms in total. The smallest absolute Gasteiger partial charge is 0.279 e. The lowest BCUT2D eigenvalue weighted by Crippen LogP contribution is -2.14. The third kappa shape index (κ3) is 2.66. The van der Waals surface area contributed by atoms with E-state index in [9.17, 15) is 8.42 Å². The van der Waals surface area contributed by atoms with Crippen molar-refractivity contribution in [1.29, 1.82) is 5.26 Å². The molecule has 0 amide bonds. The van der Waals surface area contributed by atoms with Crippen molar-refractivity contribution in [1.82, 2.24) is 9.97 Å². The molecule has 0 saturated carbocycles. The van der Waals surface area contributed by atoms with Crippen LogP contribution in [-0.4, -0.2) is 18.4 Å². The Hall–Kier alpha value is -2.53. The molecule has 2 aromatic rings. The van der Waals surface area contributed by atoms with Gasteiger partial charge in [0.1, 0.15) is 5.82 Å². The van der Waals surface area contributed by atoms with Gasteiger partial charge in [-0.3, -0.25) is 4.72 Å². The van der Waals surface area contributed by atoms with Crippen LogP contribution in [0.2, 0.25) is 0 Å². The van der Waals surface area contributed by atoms with Crippen molar-refractivity contribution in [2.75, 3.05) is 10.5 Å². The topological polar surface area (TPSA) is 125 Å². The number of aryl methyl sites for hydroxylation is 1. The number of H-pyrrole nitrogens is 1. The summed E-state index contributed by atoms with van der Waals surface area (Å²) in [6.07, 6.45) is 1.22. The van der Waals surface area contributed by atoms with E-state index < -0.39 is 10.0 Å². The number of nitriles is 1. The number of nitrogens with zero attached hydrogens (tertiary/aromatic N) is 2. The minimum Gasteiger partial charge on any atom is -0.397 e. The second kappa shape index (κ2) is 4.62. The van der Waals surface area contributed by atoms with E-state index in [0.29, 0.717) is 11.4 Å². The van der Waals surface area contributed by atoms with Gasteiger partial charge in [-0.2, -0.15) is 13.7 Å². The number of aromatic nitrogens is 2. The van der Waals surface area contributed by atoms with E-state index in [-0.39, 0.29) is 16.4 Å². The molecular weight excluding hydrogens is 266 g/mol. The summed E-state index contributed by atoms with van der Waals surface area (Å²) in [4.78, 5) is 6.45. The predicted octanol–water partition coefficient (Wildman–Crippen LogP) is 0.973. The Morgan fingerprint density at radius 3 is 2.74 bits per heavy atom. The van der Waals surface area contributed by atoms with Gasteiger partial charge in [0, 0.05) is 0 Å². The first-order valence-electron chi connectivity index (χ1n) is 5.26. The molecule has 8 heteroatoms. The Bertz CT molecular complexity index is 758. The van der Waals surface area contributed by atoms with Crippen molar-refractivity contribution in [2.45, 2.75) is 11.9 Å². The average Bonchev–Trinajstić information content (AvgIpc) is 2.79. The summed E-state index contributed by atoms with van der Waals surface area (Å²) < 4.78 is 26.4. The first-order valence-corrected chi connectivity index (χ1v) is 6.75. The first-order chi connectivity index (χ1) is 8.92. The van der Waals surface area contributed by atoms with E-state index in [2.05, 4.69) is 14.7 Å². The second-order valence-electron chi connectivity index (χ2n) is 3.85. The SMILES string of the molecule is Cc1ncc(S(=O)(=O)Nc2ccc(C#N)cc2N)[nH]1. The zero-order valence-electron chi connectivity index (χ0n) is 10.0. The molecule has 2 rings (SSSR count). The third-order valence-corrected chi connectivity index (χ3v) is 3.67. The van der Waals surface area contributed by atoms with Gasteiger partial charge in [0.25, 0.3) is 10.0 Å². The van der Waals surface area contributed by atoms with Gasteiger partial charge in [0.15, 0.2) is 5.03 Å². The maximum atomic E-state index is 12.0. The quantitative estimate of drug-likeness (QED) is 0.721. The van der Waals surface area contributed by atoms with Gasteiger partial charge in [-0.15, -0.1) is 0 Å². The van der Waals surface area contributed by atoms with Gasteiger partial charge in [-0.05, 0) is 25.1 Å². The molecule has 0 radical (unpaired) electrons. The second-order valence-corrected chi connectivity index (χ2v) is 5.50. The molecule has 98 valence electrons. The van der Waals surface area contributed by atoms with Gasteiger partial charge >= 0.3 is 0 Å². The molecule has 0 aliphatic rings. The zero-order chi connectivity index (χ0) is 14.0. The number of anilines is 2. The highest BCUT2D eigenvalue weighted by atomic mass is 32.2. The summed E-state index contributed by atoms with van der Waals surface area (Å²) in [5, 5.41) is 8.66. The maximum absolute atomic E-state index is 12.0. The number of hydrogen-bond acceptors (Lipinski definition) is 5. The molecule has 4 N–H and O–H groups in total. The van der Waals surface area contributed by atoms with Gasteiger partial charge in [0.2, 0.25) is 0 Å². The average molecular weight is 277 g/mol. The minimum atomic E-state index is -3.77. The summed E-state index contributed by atoms with van der Waals surface area (Å²) in [5.41, 5.74) is 6.44. The van der Waals surface area contributed by atoms with Gasteiger partial charge in [0.05, 0.1) is 29.2 Å². The van der Waals surface area contributed by atoms with Crippen LogP contribution in [-0.2, 0) is 10.0 Å². The van der Waals surface area contributed by atoms with Crippen molar-refractivity contribution in [3.05, 3.63) is 35.8 Å². The molecule has 0 spiro atoms. The Labute approximate surface area is 110 Å². The monoisotopic (exact) mass is 277 g/mol. The van der Waals surface area contributed by atoms with E-state index >= 15 is 0 Å². The van der Waals surface area contributed by atoms with Crippen molar-refractivity contribution >= 4 is 21.4 Å². The standard InChI is InChI=1S/C11H11N5O2S/c1-7-14-6-11(15-7)19(17,18)16-10-3-2-8(5-12)4-9(10)13/h2-4,6,16H,13H2,1H3,(H,14,15). The highest BCUT2D eigenvalue weighted by Gasteiger charge is 2.17. The molecule has 0 aliphatic carbocycles. The van der Waals surface area contributed by atoms with Crippen LogP contribution in [0.3, 0.4) is 0 Å². The minimum absolute atomic E-state index is 0.0474. The molecule has 0 fully saturated rings. The lowest BCUT2D eigenvalue weighted by atomic mass is 10.2. The number of aromatic amines is 1. The fourth-order valence-corrected chi connectivity index (χ4v) is 2.52. The molecule has 0 atom stereocenters. The zero-order valence-corrected chi connectivity index (χ0v) is 10.8. The summed E-state index contributed by atoms with van der Waals surface area (Å²) >= 11 is 0. The largest absolute Gasteiger partial charge is 0.397 e. The number of nitrogens with two attached hydrogens (primary N) is 1. The lowest BCUT2D eigenvalue weighted by Gasteiger charge is -2.08. The Morgan fingerprint density at radius 2 is 2.21 bits per heavy atom. The Morgan fingerprint density at radius 1 is 1.47 bits per heavy atom. The van der Waals surface area contributed by atoms with Crippen LogP contribution in [0, 0.1) is 18.3 Å². The van der Waals surface area contributed by atoms with Crippen LogP contribution < -0.4 is 10.5 Å². The van der Waals surface area contributed by atoms with E-state index in [1.165, 1.54) is 24.4 Å². The van der Waals surface area contributed by atoms with Gasteiger partial charge < -0.3 is 10.7 Å². The van der Waals surface area contributed by atoms with E-state index in [1.807, 2.05) is 6.07 Å². The van der Waals surface area contributed by atoms with Crippen molar-refractivity contribution < 1.29 is 8.42 Å². The number of sulfonamides is 1. The molecule has 19 heavy (non-hydrogen) atoms. The summed E-state index contributed by atoms with van der Waals surface area (Å²) in [7, 11) is -3.77. The molecule has 1 aromatic carbocycles. The van der Waals surface area contributed by atoms with Crippen molar-refractivity contribution in [3.8, 4) is 6.07 Å². The highest BCUT2D eigenvalue weighted by molar-refractivity contribution is 7.92. The fourth-order valence-electron chi connectivity index (χ4n) is 1.46. The maximum Gasteiger partial charge on any atom is 0.279 e. The van der Waals surface area contributed by atoms with E-state index in [0.717, 1.165) is 0 Å². The number of benzene rings is 1. The van der Waals surface area contributed by atoms with Gasteiger partial charge in [-0.1, -0.05) is 0 Å². The summed E-state index contributed by atoms with van der Waals surface area (Å²) in [6, 6.07) is 6.24. The summed E-state index contributed by atoms with van der Waals surface area (Å²) in [5.74, 6) is 0.494. The number of nitrogens with one attached hydrogen (secondary N) is 2. The van der Waals surface area contributed by atoms with Crippen LogP contribution in [0.5, 0.6) is 0 Å². The van der Waals surface area contributed by atoms with Crippen LogP contribution in [0.15, 0.2) is 29.4 Å². The summed E-state index contributed by atoms with van der Waals surface area (Å²) in [6.45, 7) is 1.65. The molecule has 0 aliphatic heterocycles. The number of nitrogen functional groups attached to an aromatic ring is 1. The Kier molecular flexibility index (Phi) is 3.14. The molecule has 0 bridgehead atoms. The first kappa shape index (κ1) is 12.9. The molecule has 0 unspecified atom stereocenters. The lowest BCUT2D eigenvalue weighted by molar-refractivity contribution is 0.598. The van der Waals surface area contributed by atoms with E-state index in [1.54, 1.807) is 6.92 Å². The van der Waals surface area contributed by atoms with E-state index in [4.69, 9.17) is 11.0 Å².